The van der Waals surface area contributed by atoms with Crippen LogP contribution in [0.25, 0.3) is 0 Å². The molecule has 0 saturated carbocycles. The van der Waals surface area contributed by atoms with Gasteiger partial charge in [-0.3, -0.25) is 4.90 Å². The summed E-state index contributed by atoms with van der Waals surface area (Å²) in [5.74, 6) is 0. The molecule has 2 N–H and O–H groups in total. The van der Waals surface area contributed by atoms with Gasteiger partial charge in [0.2, 0.25) is 0 Å². The van der Waals surface area contributed by atoms with Crippen LogP contribution in [0.2, 0.25) is 0 Å². The van der Waals surface area contributed by atoms with Gasteiger partial charge in [-0.25, -0.2) is 0 Å². The lowest BCUT2D eigenvalue weighted by atomic mass is 9.95. The number of nitrogens with two attached hydrogens (primary N) is 1. The smallest absolute Gasteiger partial charge is 0.0950 e. The Hall–Kier alpha value is -0.800. The largest absolute Gasteiger partial charge is 0.472 e. The number of likely N-dealkylation sites (N-methyl/N-ethyl adjacent to an activating group) is 1. The Labute approximate surface area is 92.2 Å². The lowest BCUT2D eigenvalue weighted by Gasteiger charge is -2.32. The molecule has 0 spiro atoms. The summed E-state index contributed by atoms with van der Waals surface area (Å²) in [5, 5.41) is 0. The van der Waals surface area contributed by atoms with Crippen molar-refractivity contribution < 1.29 is 4.42 Å². The highest BCUT2D eigenvalue weighted by atomic mass is 16.3. The third kappa shape index (κ3) is 3.68. The fourth-order valence-corrected chi connectivity index (χ4v) is 1.89. The van der Waals surface area contributed by atoms with Crippen LogP contribution in [0.3, 0.4) is 0 Å². The van der Waals surface area contributed by atoms with Crippen molar-refractivity contribution in [3.63, 3.8) is 0 Å². The van der Waals surface area contributed by atoms with Crippen molar-refractivity contribution >= 4 is 0 Å². The van der Waals surface area contributed by atoms with Gasteiger partial charge in [0.1, 0.15) is 0 Å². The molecule has 0 saturated heterocycles. The second-order valence-corrected chi connectivity index (χ2v) is 5.28. The molecular weight excluding hydrogens is 188 g/mol. The van der Waals surface area contributed by atoms with E-state index in [4.69, 9.17) is 10.2 Å². The lowest BCUT2D eigenvalue weighted by molar-refractivity contribution is 0.175. The van der Waals surface area contributed by atoms with Gasteiger partial charge in [-0.05, 0) is 18.5 Å². The van der Waals surface area contributed by atoms with E-state index < -0.39 is 0 Å². The van der Waals surface area contributed by atoms with Crippen molar-refractivity contribution in [3.8, 4) is 0 Å². The maximum atomic E-state index is 5.80. The minimum atomic E-state index is 0.253. The summed E-state index contributed by atoms with van der Waals surface area (Å²) in [6.45, 7) is 8.32. The average Bonchev–Trinajstić information content (AvgIpc) is 2.54. The molecule has 0 aliphatic heterocycles. The standard InChI is InChI=1S/C12H22N2O/c1-12(2,3)9-14(4)11(7-13)10-5-6-15-8-10/h5-6,8,11H,7,9,13H2,1-4H3. The fourth-order valence-electron chi connectivity index (χ4n) is 1.89. The molecule has 0 aliphatic carbocycles. The zero-order valence-electron chi connectivity index (χ0n) is 10.2. The van der Waals surface area contributed by atoms with Gasteiger partial charge in [0.25, 0.3) is 0 Å². The third-order valence-electron chi connectivity index (χ3n) is 2.41. The van der Waals surface area contributed by atoms with Crippen LogP contribution in [0.1, 0.15) is 32.4 Å². The Morgan fingerprint density at radius 3 is 2.53 bits per heavy atom. The van der Waals surface area contributed by atoms with Crippen LogP contribution in [0.5, 0.6) is 0 Å². The minimum absolute atomic E-state index is 0.253. The number of hydrogen-bond acceptors (Lipinski definition) is 3. The van der Waals surface area contributed by atoms with E-state index in [1.54, 1.807) is 12.5 Å². The Morgan fingerprint density at radius 1 is 1.47 bits per heavy atom. The third-order valence-corrected chi connectivity index (χ3v) is 2.41. The van der Waals surface area contributed by atoms with Crippen LogP contribution in [-0.4, -0.2) is 25.0 Å². The van der Waals surface area contributed by atoms with Crippen molar-refractivity contribution in [1.29, 1.82) is 0 Å². The number of rotatable bonds is 4. The molecule has 0 radical (unpaired) electrons. The highest BCUT2D eigenvalue weighted by Gasteiger charge is 2.21. The molecule has 3 nitrogen and oxygen atoms in total. The van der Waals surface area contributed by atoms with Gasteiger partial charge in [0, 0.05) is 24.7 Å². The summed E-state index contributed by atoms with van der Waals surface area (Å²) in [4.78, 5) is 2.28. The second-order valence-electron chi connectivity index (χ2n) is 5.28. The van der Waals surface area contributed by atoms with Crippen molar-refractivity contribution in [2.45, 2.75) is 26.8 Å². The summed E-state index contributed by atoms with van der Waals surface area (Å²) in [6.07, 6.45) is 3.47. The molecule has 1 atom stereocenters. The minimum Gasteiger partial charge on any atom is -0.472 e. The van der Waals surface area contributed by atoms with E-state index in [2.05, 4.69) is 32.7 Å². The van der Waals surface area contributed by atoms with Crippen molar-refractivity contribution in [3.05, 3.63) is 24.2 Å². The highest BCUT2D eigenvalue weighted by molar-refractivity contribution is 5.12. The first-order valence-electron chi connectivity index (χ1n) is 5.36. The molecular formula is C12H22N2O. The molecule has 1 aromatic rings. The summed E-state index contributed by atoms with van der Waals surface area (Å²) in [5.41, 5.74) is 7.24. The number of nitrogens with zero attached hydrogens (tertiary/aromatic N) is 1. The molecule has 0 bridgehead atoms. The van der Waals surface area contributed by atoms with Gasteiger partial charge >= 0.3 is 0 Å². The van der Waals surface area contributed by atoms with E-state index in [0.29, 0.717) is 6.54 Å². The molecule has 0 amide bonds. The summed E-state index contributed by atoms with van der Waals surface area (Å²) in [6, 6.07) is 2.24. The topological polar surface area (TPSA) is 42.4 Å². The Bertz CT molecular complexity index is 274. The number of furan rings is 1. The highest BCUT2D eigenvalue weighted by Crippen LogP contribution is 2.23. The van der Waals surface area contributed by atoms with Crippen LogP contribution in [0.4, 0.5) is 0 Å². The predicted molar refractivity (Wildman–Crippen MR) is 62.6 cm³/mol. The first-order chi connectivity index (χ1) is 6.94. The first kappa shape index (κ1) is 12.3. The Kier molecular flexibility index (Phi) is 3.94. The Balaban J connectivity index is 2.67. The molecule has 1 aromatic heterocycles. The summed E-state index contributed by atoms with van der Waals surface area (Å²) < 4.78 is 5.10. The average molecular weight is 210 g/mol. The molecule has 0 aromatic carbocycles. The van der Waals surface area contributed by atoms with Crippen molar-refractivity contribution in [2.75, 3.05) is 20.1 Å². The fraction of sp³-hybridized carbons (Fsp3) is 0.667. The molecule has 0 aliphatic rings. The zero-order valence-corrected chi connectivity index (χ0v) is 10.2. The molecule has 1 rings (SSSR count). The molecule has 86 valence electrons. The van der Waals surface area contributed by atoms with Crippen LogP contribution in [0.15, 0.2) is 23.0 Å². The van der Waals surface area contributed by atoms with Gasteiger partial charge < -0.3 is 10.2 Å². The number of hydrogen-bond donors (Lipinski definition) is 1. The van der Waals surface area contributed by atoms with Crippen LogP contribution in [0, 0.1) is 5.41 Å². The predicted octanol–water partition coefficient (Wildman–Crippen LogP) is 2.26. The van der Waals surface area contributed by atoms with E-state index in [9.17, 15) is 0 Å². The van der Waals surface area contributed by atoms with E-state index in [0.717, 1.165) is 12.1 Å². The van der Waals surface area contributed by atoms with Crippen LogP contribution in [-0.2, 0) is 0 Å². The monoisotopic (exact) mass is 210 g/mol. The van der Waals surface area contributed by atoms with E-state index in [-0.39, 0.29) is 11.5 Å². The van der Waals surface area contributed by atoms with E-state index in [1.807, 2.05) is 6.07 Å². The maximum Gasteiger partial charge on any atom is 0.0950 e. The summed E-state index contributed by atoms with van der Waals surface area (Å²) in [7, 11) is 2.11. The van der Waals surface area contributed by atoms with Gasteiger partial charge in [-0.1, -0.05) is 20.8 Å². The zero-order chi connectivity index (χ0) is 11.5. The second kappa shape index (κ2) is 4.81. The van der Waals surface area contributed by atoms with E-state index >= 15 is 0 Å². The molecule has 1 heterocycles. The maximum absolute atomic E-state index is 5.80. The van der Waals surface area contributed by atoms with Crippen molar-refractivity contribution in [1.82, 2.24) is 4.90 Å². The first-order valence-corrected chi connectivity index (χ1v) is 5.36. The molecule has 0 fully saturated rings. The van der Waals surface area contributed by atoms with Gasteiger partial charge in [0.05, 0.1) is 12.5 Å². The molecule has 1 unspecified atom stereocenters. The summed E-state index contributed by atoms with van der Waals surface area (Å²) >= 11 is 0. The van der Waals surface area contributed by atoms with E-state index in [1.165, 1.54) is 0 Å². The van der Waals surface area contributed by atoms with Gasteiger partial charge in [-0.2, -0.15) is 0 Å². The quantitative estimate of drug-likeness (QED) is 0.829. The van der Waals surface area contributed by atoms with Crippen molar-refractivity contribution in [2.24, 2.45) is 11.1 Å². The molecule has 3 heteroatoms. The Morgan fingerprint density at radius 2 is 2.13 bits per heavy atom. The SMILES string of the molecule is CN(CC(C)(C)C)C(CN)c1ccoc1. The molecule has 15 heavy (non-hydrogen) atoms. The van der Waals surface area contributed by atoms with Gasteiger partial charge in [-0.15, -0.1) is 0 Å². The van der Waals surface area contributed by atoms with Crippen LogP contribution >= 0.6 is 0 Å². The lowest BCUT2D eigenvalue weighted by Crippen LogP contribution is -2.36. The normalized spacial score (nSPS) is 14.5. The van der Waals surface area contributed by atoms with Crippen LogP contribution < -0.4 is 5.73 Å². The van der Waals surface area contributed by atoms with Gasteiger partial charge in [0.15, 0.2) is 0 Å².